The van der Waals surface area contributed by atoms with Crippen LogP contribution in [0.25, 0.3) is 0 Å². The third-order valence-electron chi connectivity index (χ3n) is 5.89. The number of primary amides is 1. The van der Waals surface area contributed by atoms with Crippen molar-refractivity contribution in [1.82, 2.24) is 10.2 Å². The molecule has 3 N–H and O–H groups in total. The van der Waals surface area contributed by atoms with E-state index in [1.807, 2.05) is 41.3 Å². The van der Waals surface area contributed by atoms with Crippen LogP contribution in [0, 0.1) is 0 Å². The van der Waals surface area contributed by atoms with Crippen LogP contribution in [-0.2, 0) is 20.9 Å². The molecule has 8 nitrogen and oxygen atoms in total. The zero-order valence-corrected chi connectivity index (χ0v) is 17.3. The maximum atomic E-state index is 13.6. The van der Waals surface area contributed by atoms with E-state index >= 15 is 0 Å². The molecule has 0 bridgehead atoms. The first-order valence-corrected chi connectivity index (χ1v) is 10.4. The largest absolute Gasteiger partial charge is 0.452 e. The highest BCUT2D eigenvalue weighted by atomic mass is 16.5. The minimum Gasteiger partial charge on any atom is -0.452 e. The smallest absolute Gasteiger partial charge is 0.338 e. The molecule has 0 saturated carbocycles. The van der Waals surface area contributed by atoms with Crippen LogP contribution in [0.3, 0.4) is 0 Å². The highest BCUT2D eigenvalue weighted by molar-refractivity contribution is 5.94. The molecule has 2 amide bonds. The first-order valence-electron chi connectivity index (χ1n) is 10.4. The molecular weight excluding hydrogens is 396 g/mol. The van der Waals surface area contributed by atoms with Crippen LogP contribution in [0.1, 0.15) is 28.8 Å². The molecule has 0 aromatic heterocycles. The van der Waals surface area contributed by atoms with Gasteiger partial charge in [-0.05, 0) is 55.8 Å². The van der Waals surface area contributed by atoms with Gasteiger partial charge in [-0.3, -0.25) is 9.59 Å². The van der Waals surface area contributed by atoms with E-state index in [1.165, 1.54) is 0 Å². The summed E-state index contributed by atoms with van der Waals surface area (Å²) in [4.78, 5) is 40.6. The Balaban J connectivity index is 1.55. The SMILES string of the molecule is NC(=O)COC(=O)c1cccc(CN2CN(c3ccccc3)C3(CCNCC3)C2=O)c1. The van der Waals surface area contributed by atoms with Crippen LogP contribution < -0.4 is 16.0 Å². The zero-order valence-electron chi connectivity index (χ0n) is 17.3. The number of ether oxygens (including phenoxy) is 1. The summed E-state index contributed by atoms with van der Waals surface area (Å²) in [5.74, 6) is -1.21. The second kappa shape index (κ2) is 8.77. The number of rotatable bonds is 6. The lowest BCUT2D eigenvalue weighted by Crippen LogP contribution is -2.55. The van der Waals surface area contributed by atoms with Gasteiger partial charge >= 0.3 is 5.97 Å². The van der Waals surface area contributed by atoms with Crippen LogP contribution in [0.5, 0.6) is 0 Å². The van der Waals surface area contributed by atoms with E-state index in [1.54, 1.807) is 18.2 Å². The number of hydrogen-bond donors (Lipinski definition) is 2. The molecule has 2 saturated heterocycles. The first-order chi connectivity index (χ1) is 15.0. The molecule has 4 rings (SSSR count). The predicted octanol–water partition coefficient (Wildman–Crippen LogP) is 1.26. The normalized spacial score (nSPS) is 17.7. The van der Waals surface area contributed by atoms with Crippen molar-refractivity contribution in [2.45, 2.75) is 24.9 Å². The number of anilines is 1. The number of carbonyl (C=O) groups excluding carboxylic acids is 3. The molecule has 2 aliphatic heterocycles. The van der Waals surface area contributed by atoms with E-state index < -0.39 is 24.0 Å². The number of nitrogens with zero attached hydrogens (tertiary/aromatic N) is 2. The second-order valence-corrected chi connectivity index (χ2v) is 7.93. The van der Waals surface area contributed by atoms with Gasteiger partial charge in [0.05, 0.1) is 12.2 Å². The Morgan fingerprint density at radius 3 is 2.52 bits per heavy atom. The Morgan fingerprint density at radius 2 is 1.81 bits per heavy atom. The summed E-state index contributed by atoms with van der Waals surface area (Å²) >= 11 is 0. The van der Waals surface area contributed by atoms with Gasteiger partial charge in [0.2, 0.25) is 5.91 Å². The van der Waals surface area contributed by atoms with Crippen molar-refractivity contribution in [1.29, 1.82) is 0 Å². The van der Waals surface area contributed by atoms with Gasteiger partial charge in [-0.15, -0.1) is 0 Å². The molecule has 2 aromatic rings. The molecule has 2 aliphatic rings. The van der Waals surface area contributed by atoms with Crippen molar-refractivity contribution in [2.75, 3.05) is 31.3 Å². The monoisotopic (exact) mass is 422 g/mol. The lowest BCUT2D eigenvalue weighted by Gasteiger charge is -2.40. The minimum absolute atomic E-state index is 0.111. The van der Waals surface area contributed by atoms with Crippen LogP contribution in [0.4, 0.5) is 5.69 Å². The van der Waals surface area contributed by atoms with Crippen LogP contribution >= 0.6 is 0 Å². The van der Waals surface area contributed by atoms with Gasteiger partial charge in [0, 0.05) is 12.2 Å². The topological polar surface area (TPSA) is 105 Å². The van der Waals surface area contributed by atoms with Gasteiger partial charge in [0.1, 0.15) is 5.54 Å². The molecule has 2 fully saturated rings. The fourth-order valence-corrected chi connectivity index (χ4v) is 4.40. The lowest BCUT2D eigenvalue weighted by atomic mass is 9.86. The highest BCUT2D eigenvalue weighted by Crippen LogP contribution is 2.38. The van der Waals surface area contributed by atoms with E-state index in [0.29, 0.717) is 18.8 Å². The average Bonchev–Trinajstić information content (AvgIpc) is 3.04. The number of piperidine rings is 1. The number of para-hydroxylation sites is 1. The summed E-state index contributed by atoms with van der Waals surface area (Å²) in [6.07, 6.45) is 1.49. The van der Waals surface area contributed by atoms with Gasteiger partial charge in [-0.25, -0.2) is 4.79 Å². The summed E-state index contributed by atoms with van der Waals surface area (Å²) in [7, 11) is 0. The van der Waals surface area contributed by atoms with Gasteiger partial charge in [0.15, 0.2) is 6.61 Å². The summed E-state index contributed by atoms with van der Waals surface area (Å²) in [5.41, 5.74) is 6.65. The van der Waals surface area contributed by atoms with Crippen LogP contribution in [0.2, 0.25) is 0 Å². The number of amides is 2. The summed E-state index contributed by atoms with van der Waals surface area (Å²) in [6.45, 7) is 2.00. The number of carbonyl (C=O) groups is 3. The van der Waals surface area contributed by atoms with Gasteiger partial charge in [-0.2, -0.15) is 0 Å². The molecule has 31 heavy (non-hydrogen) atoms. The van der Waals surface area contributed by atoms with Gasteiger partial charge < -0.3 is 25.6 Å². The Morgan fingerprint density at radius 1 is 1.06 bits per heavy atom. The average molecular weight is 422 g/mol. The number of esters is 1. The Hall–Kier alpha value is -3.39. The summed E-state index contributed by atoms with van der Waals surface area (Å²) in [6, 6.07) is 16.9. The van der Waals surface area contributed by atoms with E-state index in [0.717, 1.165) is 37.2 Å². The van der Waals surface area contributed by atoms with Crippen molar-refractivity contribution < 1.29 is 19.1 Å². The Kier molecular flexibility index (Phi) is 5.90. The molecule has 0 atom stereocenters. The number of hydrogen-bond acceptors (Lipinski definition) is 6. The maximum absolute atomic E-state index is 13.6. The van der Waals surface area contributed by atoms with Crippen molar-refractivity contribution in [3.63, 3.8) is 0 Å². The summed E-state index contributed by atoms with van der Waals surface area (Å²) in [5, 5.41) is 3.35. The second-order valence-electron chi connectivity index (χ2n) is 7.93. The van der Waals surface area contributed by atoms with Crippen LogP contribution in [0.15, 0.2) is 54.6 Å². The molecule has 2 aromatic carbocycles. The fourth-order valence-electron chi connectivity index (χ4n) is 4.40. The fraction of sp³-hybridized carbons (Fsp3) is 0.348. The third kappa shape index (κ3) is 4.25. The molecule has 0 unspecified atom stereocenters. The molecule has 0 radical (unpaired) electrons. The third-order valence-corrected chi connectivity index (χ3v) is 5.89. The molecule has 2 heterocycles. The quantitative estimate of drug-likeness (QED) is 0.679. The van der Waals surface area contributed by atoms with E-state index in [9.17, 15) is 14.4 Å². The van der Waals surface area contributed by atoms with Crippen molar-refractivity contribution in [3.05, 3.63) is 65.7 Å². The van der Waals surface area contributed by atoms with Crippen molar-refractivity contribution in [3.8, 4) is 0 Å². The Bertz CT molecular complexity index is 973. The number of nitrogens with two attached hydrogens (primary N) is 1. The first kappa shape index (κ1) is 20.9. The van der Waals surface area contributed by atoms with Crippen molar-refractivity contribution >= 4 is 23.5 Å². The summed E-state index contributed by atoms with van der Waals surface area (Å²) < 4.78 is 4.89. The van der Waals surface area contributed by atoms with E-state index in [-0.39, 0.29) is 5.91 Å². The molecule has 8 heteroatoms. The van der Waals surface area contributed by atoms with Crippen molar-refractivity contribution in [2.24, 2.45) is 5.73 Å². The van der Waals surface area contributed by atoms with Gasteiger partial charge in [0.25, 0.3) is 5.91 Å². The van der Waals surface area contributed by atoms with Crippen LogP contribution in [-0.4, -0.2) is 54.6 Å². The van der Waals surface area contributed by atoms with E-state index in [4.69, 9.17) is 10.5 Å². The van der Waals surface area contributed by atoms with E-state index in [2.05, 4.69) is 10.2 Å². The highest BCUT2D eigenvalue weighted by Gasteiger charge is 2.52. The molecular formula is C23H26N4O4. The minimum atomic E-state index is -0.708. The number of benzene rings is 2. The van der Waals surface area contributed by atoms with Gasteiger partial charge in [-0.1, -0.05) is 30.3 Å². The lowest BCUT2D eigenvalue weighted by molar-refractivity contribution is -0.133. The Labute approximate surface area is 180 Å². The molecule has 0 aliphatic carbocycles. The predicted molar refractivity (Wildman–Crippen MR) is 115 cm³/mol. The molecule has 1 spiro atoms. The molecule has 162 valence electrons. The standard InChI is InChI=1S/C23H26N4O4/c24-20(28)15-31-21(29)18-6-4-5-17(13-18)14-26-16-27(19-7-2-1-3-8-19)23(22(26)30)9-11-25-12-10-23/h1-8,13,25H,9-12,14-16H2,(H2,24,28). The maximum Gasteiger partial charge on any atom is 0.338 e. The number of nitrogens with one attached hydrogen (secondary N) is 1. The zero-order chi connectivity index (χ0) is 21.8.